The van der Waals surface area contributed by atoms with Gasteiger partial charge < -0.3 is 15.4 Å². The van der Waals surface area contributed by atoms with Crippen LogP contribution < -0.4 is 15.4 Å². The maximum atomic E-state index is 6.00. The highest BCUT2D eigenvalue weighted by Crippen LogP contribution is 2.29. The summed E-state index contributed by atoms with van der Waals surface area (Å²) >= 11 is 0. The molecule has 20 heavy (non-hydrogen) atoms. The van der Waals surface area contributed by atoms with Crippen LogP contribution in [0.3, 0.4) is 0 Å². The molecular formula is C17H20N2O. The van der Waals surface area contributed by atoms with Gasteiger partial charge in [0.05, 0.1) is 6.54 Å². The average Bonchev–Trinajstić information content (AvgIpc) is 2.89. The van der Waals surface area contributed by atoms with Gasteiger partial charge in [-0.2, -0.15) is 0 Å². The van der Waals surface area contributed by atoms with Crippen LogP contribution in [-0.2, 0) is 13.0 Å². The van der Waals surface area contributed by atoms with Crippen LogP contribution in [-0.4, -0.2) is 19.7 Å². The molecule has 2 N–H and O–H groups in total. The first-order valence-electron chi connectivity index (χ1n) is 7.01. The predicted molar refractivity (Wildman–Crippen MR) is 82.2 cm³/mol. The first-order valence-corrected chi connectivity index (χ1v) is 7.01. The highest BCUT2D eigenvalue weighted by molar-refractivity contribution is 5.53. The van der Waals surface area contributed by atoms with Gasteiger partial charge in [0.1, 0.15) is 11.9 Å². The minimum Gasteiger partial charge on any atom is -0.488 e. The number of nitrogens with two attached hydrogens (primary N) is 1. The lowest BCUT2D eigenvalue weighted by atomic mass is 10.1. The summed E-state index contributed by atoms with van der Waals surface area (Å²) in [7, 11) is 2.10. The summed E-state index contributed by atoms with van der Waals surface area (Å²) in [6.07, 6.45) is 1.19. The van der Waals surface area contributed by atoms with Crippen LogP contribution in [0.25, 0.3) is 0 Å². The fourth-order valence-corrected chi connectivity index (χ4v) is 2.82. The minimum atomic E-state index is 0.211. The predicted octanol–water partition coefficient (Wildman–Crippen LogP) is 2.59. The summed E-state index contributed by atoms with van der Waals surface area (Å²) in [4.78, 5) is 2.23. The van der Waals surface area contributed by atoms with Crippen molar-refractivity contribution in [1.29, 1.82) is 0 Å². The number of benzene rings is 2. The van der Waals surface area contributed by atoms with Crippen LogP contribution >= 0.6 is 0 Å². The van der Waals surface area contributed by atoms with E-state index in [1.54, 1.807) is 0 Å². The first-order chi connectivity index (χ1) is 9.78. The first kappa shape index (κ1) is 13.0. The Morgan fingerprint density at radius 2 is 1.90 bits per heavy atom. The smallest absolute Gasteiger partial charge is 0.123 e. The second kappa shape index (κ2) is 5.55. The van der Waals surface area contributed by atoms with Crippen molar-refractivity contribution in [1.82, 2.24) is 0 Å². The maximum absolute atomic E-state index is 6.00. The van der Waals surface area contributed by atoms with Crippen molar-refractivity contribution < 1.29 is 4.74 Å². The SMILES string of the molecule is CN(CC1Cc2ccccc2O1)c1ccccc1CN. The van der Waals surface area contributed by atoms with Crippen LogP contribution in [0.2, 0.25) is 0 Å². The summed E-state index contributed by atoms with van der Waals surface area (Å²) in [6.45, 7) is 1.43. The molecule has 1 unspecified atom stereocenters. The number of nitrogens with zero attached hydrogens (tertiary/aromatic N) is 1. The summed E-state index contributed by atoms with van der Waals surface area (Å²) in [5.74, 6) is 1.03. The zero-order chi connectivity index (χ0) is 13.9. The molecule has 0 aromatic heterocycles. The Hall–Kier alpha value is -2.00. The fraction of sp³-hybridized carbons (Fsp3) is 0.294. The van der Waals surface area contributed by atoms with Gasteiger partial charge in [0.25, 0.3) is 0 Å². The molecule has 3 nitrogen and oxygen atoms in total. The van der Waals surface area contributed by atoms with Crippen LogP contribution in [0.5, 0.6) is 5.75 Å². The molecule has 0 radical (unpaired) electrons. The van der Waals surface area contributed by atoms with Crippen molar-refractivity contribution >= 4 is 5.69 Å². The molecule has 104 valence electrons. The lowest BCUT2D eigenvalue weighted by molar-refractivity contribution is 0.239. The molecule has 3 heteroatoms. The van der Waals surface area contributed by atoms with E-state index in [4.69, 9.17) is 10.5 Å². The third kappa shape index (κ3) is 2.49. The molecule has 2 aromatic rings. The molecule has 0 fully saturated rings. The standard InChI is InChI=1S/C17H20N2O/c1-19(16-8-4-2-7-14(16)11-18)12-15-10-13-6-3-5-9-17(13)20-15/h2-9,15H,10-12,18H2,1H3. The monoisotopic (exact) mass is 268 g/mol. The van der Waals surface area contributed by atoms with Gasteiger partial charge in [-0.25, -0.2) is 0 Å². The van der Waals surface area contributed by atoms with E-state index in [0.717, 1.165) is 18.7 Å². The summed E-state index contributed by atoms with van der Waals surface area (Å²) < 4.78 is 6.00. The van der Waals surface area contributed by atoms with Gasteiger partial charge in [-0.05, 0) is 23.3 Å². The third-order valence-corrected chi connectivity index (χ3v) is 3.81. The largest absolute Gasteiger partial charge is 0.488 e. The van der Waals surface area contributed by atoms with Gasteiger partial charge in [-0.1, -0.05) is 36.4 Å². The van der Waals surface area contributed by atoms with Gasteiger partial charge in [-0.15, -0.1) is 0 Å². The van der Waals surface area contributed by atoms with E-state index in [0.29, 0.717) is 6.54 Å². The van der Waals surface area contributed by atoms with Gasteiger partial charge in [0.15, 0.2) is 0 Å². The molecule has 1 heterocycles. The topological polar surface area (TPSA) is 38.5 Å². The molecule has 3 rings (SSSR count). The quantitative estimate of drug-likeness (QED) is 0.926. The number of hydrogen-bond donors (Lipinski definition) is 1. The molecule has 1 aliphatic rings. The molecule has 0 spiro atoms. The maximum Gasteiger partial charge on any atom is 0.123 e. The minimum absolute atomic E-state index is 0.211. The van der Waals surface area contributed by atoms with Crippen molar-refractivity contribution in [3.05, 3.63) is 59.7 Å². The molecular weight excluding hydrogens is 248 g/mol. The van der Waals surface area contributed by atoms with E-state index < -0.39 is 0 Å². The number of para-hydroxylation sites is 2. The lowest BCUT2D eigenvalue weighted by Gasteiger charge is -2.25. The number of rotatable bonds is 4. The van der Waals surface area contributed by atoms with E-state index in [9.17, 15) is 0 Å². The number of anilines is 1. The van der Waals surface area contributed by atoms with Crippen LogP contribution in [0.4, 0.5) is 5.69 Å². The molecule has 1 atom stereocenters. The molecule has 0 amide bonds. The second-order valence-electron chi connectivity index (χ2n) is 5.27. The van der Waals surface area contributed by atoms with Gasteiger partial charge in [0, 0.05) is 25.7 Å². The van der Waals surface area contributed by atoms with Gasteiger partial charge in [0.2, 0.25) is 0 Å². The molecule has 2 aromatic carbocycles. The van der Waals surface area contributed by atoms with Crippen molar-refractivity contribution in [3.63, 3.8) is 0 Å². The van der Waals surface area contributed by atoms with E-state index in [2.05, 4.69) is 42.3 Å². The Kier molecular flexibility index (Phi) is 3.61. The molecule has 0 aliphatic carbocycles. The van der Waals surface area contributed by atoms with Crippen LogP contribution in [0, 0.1) is 0 Å². The molecule has 0 saturated carbocycles. The summed E-state index contributed by atoms with van der Waals surface area (Å²) in [5.41, 5.74) is 9.47. The Balaban J connectivity index is 1.70. The highest BCUT2D eigenvalue weighted by Gasteiger charge is 2.23. The van der Waals surface area contributed by atoms with Crippen molar-refractivity contribution in [3.8, 4) is 5.75 Å². The van der Waals surface area contributed by atoms with Crippen molar-refractivity contribution in [2.45, 2.75) is 19.1 Å². The molecule has 1 aliphatic heterocycles. The Bertz CT molecular complexity index is 572. The van der Waals surface area contributed by atoms with E-state index in [1.807, 2.05) is 18.2 Å². The summed E-state index contributed by atoms with van der Waals surface area (Å²) in [6, 6.07) is 16.6. The second-order valence-corrected chi connectivity index (χ2v) is 5.27. The average molecular weight is 268 g/mol. The third-order valence-electron chi connectivity index (χ3n) is 3.81. The number of hydrogen-bond acceptors (Lipinski definition) is 3. The van der Waals surface area contributed by atoms with Gasteiger partial charge in [-0.3, -0.25) is 0 Å². The Morgan fingerprint density at radius 3 is 2.70 bits per heavy atom. The number of fused-ring (bicyclic) bond motifs is 1. The number of likely N-dealkylation sites (N-methyl/N-ethyl adjacent to an activating group) is 1. The zero-order valence-corrected chi connectivity index (χ0v) is 11.8. The number of ether oxygens (including phenoxy) is 1. The highest BCUT2D eigenvalue weighted by atomic mass is 16.5. The Morgan fingerprint density at radius 1 is 1.15 bits per heavy atom. The van der Waals surface area contributed by atoms with Crippen LogP contribution in [0.15, 0.2) is 48.5 Å². The van der Waals surface area contributed by atoms with Crippen molar-refractivity contribution in [2.75, 3.05) is 18.5 Å². The molecule has 0 bridgehead atoms. The Labute approximate surface area is 120 Å². The van der Waals surface area contributed by atoms with Gasteiger partial charge >= 0.3 is 0 Å². The van der Waals surface area contributed by atoms with Crippen molar-refractivity contribution in [2.24, 2.45) is 5.73 Å². The zero-order valence-electron chi connectivity index (χ0n) is 11.8. The van der Waals surface area contributed by atoms with E-state index in [1.165, 1.54) is 16.8 Å². The fourth-order valence-electron chi connectivity index (χ4n) is 2.82. The molecule has 0 saturated heterocycles. The lowest BCUT2D eigenvalue weighted by Crippen LogP contribution is -2.32. The summed E-state index contributed by atoms with van der Waals surface area (Å²) in [5, 5.41) is 0. The van der Waals surface area contributed by atoms with E-state index >= 15 is 0 Å². The van der Waals surface area contributed by atoms with Crippen LogP contribution in [0.1, 0.15) is 11.1 Å². The normalized spacial score (nSPS) is 16.6. The van der Waals surface area contributed by atoms with E-state index in [-0.39, 0.29) is 6.10 Å².